The second-order valence-corrected chi connectivity index (χ2v) is 6.11. The van der Waals surface area contributed by atoms with Crippen molar-refractivity contribution in [3.63, 3.8) is 0 Å². The number of rotatable bonds is 5. The van der Waals surface area contributed by atoms with Crippen molar-refractivity contribution in [3.8, 4) is 0 Å². The zero-order chi connectivity index (χ0) is 16.1. The molecule has 1 amide bonds. The summed E-state index contributed by atoms with van der Waals surface area (Å²) >= 11 is 0. The van der Waals surface area contributed by atoms with E-state index < -0.39 is 0 Å². The van der Waals surface area contributed by atoms with E-state index in [9.17, 15) is 4.79 Å². The topological polar surface area (TPSA) is 20.3 Å². The Morgan fingerprint density at radius 1 is 0.955 bits per heavy atom. The molecule has 116 valence electrons. The van der Waals surface area contributed by atoms with Crippen molar-refractivity contribution in [1.82, 2.24) is 4.90 Å². The highest BCUT2D eigenvalue weighted by molar-refractivity contribution is 5.76. The van der Waals surface area contributed by atoms with E-state index in [2.05, 4.69) is 51.1 Å². The molecule has 0 aromatic heterocycles. The van der Waals surface area contributed by atoms with E-state index in [4.69, 9.17) is 0 Å². The monoisotopic (exact) mass is 295 g/mol. The Balaban J connectivity index is 1.93. The summed E-state index contributed by atoms with van der Waals surface area (Å²) in [5.74, 6) is 0.197. The van der Waals surface area contributed by atoms with Crippen molar-refractivity contribution >= 4 is 5.91 Å². The van der Waals surface area contributed by atoms with Gasteiger partial charge in [-0.2, -0.15) is 0 Å². The summed E-state index contributed by atoms with van der Waals surface area (Å²) < 4.78 is 0. The molecule has 0 spiro atoms. The van der Waals surface area contributed by atoms with Gasteiger partial charge in [-0.25, -0.2) is 0 Å². The van der Waals surface area contributed by atoms with Crippen molar-refractivity contribution in [2.45, 2.75) is 40.2 Å². The van der Waals surface area contributed by atoms with Crippen LogP contribution in [0.15, 0.2) is 42.5 Å². The molecular formula is C20H25NO. The predicted molar refractivity (Wildman–Crippen MR) is 91.9 cm³/mol. The van der Waals surface area contributed by atoms with Crippen molar-refractivity contribution in [2.24, 2.45) is 0 Å². The minimum atomic E-state index is 0.197. The molecule has 2 aromatic carbocycles. The van der Waals surface area contributed by atoms with E-state index in [0.717, 1.165) is 6.42 Å². The first-order valence-electron chi connectivity index (χ1n) is 7.82. The van der Waals surface area contributed by atoms with Gasteiger partial charge in [0.1, 0.15) is 0 Å². The molecular weight excluding hydrogens is 270 g/mol. The zero-order valence-corrected chi connectivity index (χ0v) is 14.0. The number of hydrogen-bond acceptors (Lipinski definition) is 1. The Kier molecular flexibility index (Phi) is 5.37. The molecule has 2 rings (SSSR count). The van der Waals surface area contributed by atoms with Gasteiger partial charge in [0.25, 0.3) is 0 Å². The number of aryl methyl sites for hydroxylation is 4. The maximum atomic E-state index is 12.3. The number of benzene rings is 2. The molecule has 2 heteroatoms. The third-order valence-corrected chi connectivity index (χ3v) is 4.20. The minimum Gasteiger partial charge on any atom is -0.341 e. The summed E-state index contributed by atoms with van der Waals surface area (Å²) in [4.78, 5) is 14.2. The molecule has 22 heavy (non-hydrogen) atoms. The smallest absolute Gasteiger partial charge is 0.222 e. The number of carbonyl (C=O) groups excluding carboxylic acids is 1. The van der Waals surface area contributed by atoms with Gasteiger partial charge < -0.3 is 4.90 Å². The lowest BCUT2D eigenvalue weighted by Crippen LogP contribution is -2.26. The normalized spacial score (nSPS) is 10.5. The highest BCUT2D eigenvalue weighted by Crippen LogP contribution is 2.14. The fourth-order valence-electron chi connectivity index (χ4n) is 2.69. The Morgan fingerprint density at radius 3 is 2.36 bits per heavy atom. The fourth-order valence-corrected chi connectivity index (χ4v) is 2.69. The van der Waals surface area contributed by atoms with Crippen molar-refractivity contribution in [2.75, 3.05) is 7.05 Å². The van der Waals surface area contributed by atoms with E-state index >= 15 is 0 Å². The molecule has 0 bridgehead atoms. The second-order valence-electron chi connectivity index (χ2n) is 6.11. The van der Waals surface area contributed by atoms with Crippen LogP contribution in [-0.2, 0) is 17.8 Å². The molecule has 0 aliphatic heterocycles. The molecule has 2 nitrogen and oxygen atoms in total. The summed E-state index contributed by atoms with van der Waals surface area (Å²) in [5, 5.41) is 0. The van der Waals surface area contributed by atoms with Gasteiger partial charge in [-0.1, -0.05) is 48.0 Å². The van der Waals surface area contributed by atoms with Crippen LogP contribution in [0.2, 0.25) is 0 Å². The second kappa shape index (κ2) is 7.26. The maximum absolute atomic E-state index is 12.3. The number of amides is 1. The molecule has 0 saturated carbocycles. The van der Waals surface area contributed by atoms with E-state index in [1.54, 1.807) is 0 Å². The SMILES string of the molecule is Cc1ccc(CCC(=O)N(C)Cc2ccccc2C)c(C)c1. The van der Waals surface area contributed by atoms with Crippen LogP contribution in [0.1, 0.15) is 34.2 Å². The molecule has 0 radical (unpaired) electrons. The lowest BCUT2D eigenvalue weighted by molar-refractivity contribution is -0.130. The molecule has 2 aromatic rings. The fraction of sp³-hybridized carbons (Fsp3) is 0.350. The Bertz CT molecular complexity index is 661. The van der Waals surface area contributed by atoms with Gasteiger partial charge >= 0.3 is 0 Å². The van der Waals surface area contributed by atoms with Crippen molar-refractivity contribution < 1.29 is 4.79 Å². The molecule has 0 unspecified atom stereocenters. The summed E-state index contributed by atoms with van der Waals surface area (Å²) in [7, 11) is 1.89. The van der Waals surface area contributed by atoms with Crippen LogP contribution in [0, 0.1) is 20.8 Å². The summed E-state index contributed by atoms with van der Waals surface area (Å²) in [6.45, 7) is 6.98. The molecule has 0 N–H and O–H groups in total. The minimum absolute atomic E-state index is 0.197. The molecule has 0 aliphatic rings. The molecule has 0 atom stereocenters. The van der Waals surface area contributed by atoms with Gasteiger partial charge in [-0.05, 0) is 49.4 Å². The Hall–Kier alpha value is -2.09. The van der Waals surface area contributed by atoms with Crippen LogP contribution < -0.4 is 0 Å². The molecule has 0 aliphatic carbocycles. The van der Waals surface area contributed by atoms with Gasteiger partial charge in [0, 0.05) is 20.0 Å². The van der Waals surface area contributed by atoms with Gasteiger partial charge in [0.2, 0.25) is 5.91 Å². The van der Waals surface area contributed by atoms with Gasteiger partial charge in [-0.15, -0.1) is 0 Å². The summed E-state index contributed by atoms with van der Waals surface area (Å²) in [6.07, 6.45) is 1.37. The van der Waals surface area contributed by atoms with E-state index in [0.29, 0.717) is 13.0 Å². The lowest BCUT2D eigenvalue weighted by atomic mass is 10.0. The van der Waals surface area contributed by atoms with Gasteiger partial charge in [0.15, 0.2) is 0 Å². The molecule has 0 fully saturated rings. The third kappa shape index (κ3) is 4.20. The van der Waals surface area contributed by atoms with Gasteiger partial charge in [0.05, 0.1) is 0 Å². The quantitative estimate of drug-likeness (QED) is 0.809. The van der Waals surface area contributed by atoms with Crippen LogP contribution in [-0.4, -0.2) is 17.9 Å². The Morgan fingerprint density at radius 2 is 1.68 bits per heavy atom. The Labute approximate surface area is 133 Å². The van der Waals surface area contributed by atoms with Crippen molar-refractivity contribution in [3.05, 3.63) is 70.3 Å². The standard InChI is InChI=1S/C20H25NO/c1-15-9-10-18(17(3)13-15)11-12-20(22)21(4)14-19-8-6-5-7-16(19)2/h5-10,13H,11-12,14H2,1-4H3. The molecule has 0 saturated heterocycles. The average molecular weight is 295 g/mol. The summed E-state index contributed by atoms with van der Waals surface area (Å²) in [6, 6.07) is 14.7. The predicted octanol–water partition coefficient (Wildman–Crippen LogP) is 4.20. The first-order chi connectivity index (χ1) is 10.5. The first kappa shape index (κ1) is 16.3. The number of hydrogen-bond donors (Lipinski definition) is 0. The van der Waals surface area contributed by atoms with Crippen molar-refractivity contribution in [1.29, 1.82) is 0 Å². The average Bonchev–Trinajstić information content (AvgIpc) is 2.48. The zero-order valence-electron chi connectivity index (χ0n) is 14.0. The third-order valence-electron chi connectivity index (χ3n) is 4.20. The number of nitrogens with zero attached hydrogens (tertiary/aromatic N) is 1. The molecule has 0 heterocycles. The highest BCUT2D eigenvalue weighted by Gasteiger charge is 2.11. The number of carbonyl (C=O) groups is 1. The maximum Gasteiger partial charge on any atom is 0.222 e. The van der Waals surface area contributed by atoms with E-state index in [-0.39, 0.29) is 5.91 Å². The van der Waals surface area contributed by atoms with Crippen LogP contribution in [0.4, 0.5) is 0 Å². The van der Waals surface area contributed by atoms with Crippen LogP contribution in [0.25, 0.3) is 0 Å². The summed E-state index contributed by atoms with van der Waals surface area (Å²) in [5.41, 5.74) is 6.25. The lowest BCUT2D eigenvalue weighted by Gasteiger charge is -2.19. The van der Waals surface area contributed by atoms with E-state index in [1.807, 2.05) is 24.1 Å². The largest absolute Gasteiger partial charge is 0.341 e. The van der Waals surface area contributed by atoms with Crippen LogP contribution in [0.5, 0.6) is 0 Å². The van der Waals surface area contributed by atoms with E-state index in [1.165, 1.54) is 27.8 Å². The van der Waals surface area contributed by atoms with Gasteiger partial charge in [-0.3, -0.25) is 4.79 Å². The van der Waals surface area contributed by atoms with Crippen LogP contribution in [0.3, 0.4) is 0 Å². The first-order valence-corrected chi connectivity index (χ1v) is 7.82. The van der Waals surface area contributed by atoms with Crippen LogP contribution >= 0.6 is 0 Å². The highest BCUT2D eigenvalue weighted by atomic mass is 16.2.